The Balaban J connectivity index is 1.85. The highest BCUT2D eigenvalue weighted by molar-refractivity contribution is 6.42. The number of nitrogens with zero attached hydrogens (tertiary/aromatic N) is 4. The number of nitrogens with two attached hydrogens (primary N) is 2. The van der Waals surface area contributed by atoms with Crippen molar-refractivity contribution in [1.82, 2.24) is 19.5 Å². The molecular formula is C18H20Cl2N6O3. The topological polar surface area (TPSA) is 142 Å². The van der Waals surface area contributed by atoms with Crippen molar-refractivity contribution in [1.29, 1.82) is 0 Å². The fourth-order valence-corrected chi connectivity index (χ4v) is 3.22. The van der Waals surface area contributed by atoms with Gasteiger partial charge in [-0.3, -0.25) is 4.79 Å². The fourth-order valence-electron chi connectivity index (χ4n) is 2.83. The first kappa shape index (κ1) is 21.1. The van der Waals surface area contributed by atoms with Gasteiger partial charge < -0.3 is 25.9 Å². The van der Waals surface area contributed by atoms with Gasteiger partial charge in [-0.15, -0.1) is 0 Å². The molecule has 0 radical (unpaired) electrons. The smallest absolute Gasteiger partial charge is 0.320 e. The van der Waals surface area contributed by atoms with E-state index in [4.69, 9.17) is 44.5 Å². The lowest BCUT2D eigenvalue weighted by molar-refractivity contribution is -0.138. The van der Waals surface area contributed by atoms with Crippen molar-refractivity contribution in [2.24, 2.45) is 5.73 Å². The Hall–Kier alpha value is -2.62. The zero-order valence-corrected chi connectivity index (χ0v) is 17.1. The van der Waals surface area contributed by atoms with E-state index < -0.39 is 12.0 Å². The van der Waals surface area contributed by atoms with Gasteiger partial charge >= 0.3 is 5.97 Å². The van der Waals surface area contributed by atoms with Crippen LogP contribution in [0, 0.1) is 0 Å². The third kappa shape index (κ3) is 4.69. The number of anilines is 1. The number of carboxylic acid groups (broad SMARTS) is 1. The summed E-state index contributed by atoms with van der Waals surface area (Å²) in [4.78, 5) is 23.3. The van der Waals surface area contributed by atoms with E-state index in [0.29, 0.717) is 45.5 Å². The van der Waals surface area contributed by atoms with Gasteiger partial charge in [0.25, 0.3) is 0 Å². The minimum atomic E-state index is -1.04. The molecular weight excluding hydrogens is 419 g/mol. The number of hydrogen-bond donors (Lipinski definition) is 3. The van der Waals surface area contributed by atoms with Crippen LogP contribution in [0.25, 0.3) is 11.2 Å². The lowest BCUT2D eigenvalue weighted by atomic mass is 10.1. The van der Waals surface area contributed by atoms with E-state index in [1.807, 2.05) is 6.92 Å². The van der Waals surface area contributed by atoms with E-state index >= 15 is 0 Å². The molecule has 0 aliphatic carbocycles. The van der Waals surface area contributed by atoms with Gasteiger partial charge in [-0.25, -0.2) is 15.0 Å². The number of aliphatic carboxylic acids is 1. The van der Waals surface area contributed by atoms with E-state index in [0.717, 1.165) is 0 Å². The monoisotopic (exact) mass is 438 g/mol. The lowest BCUT2D eigenvalue weighted by Gasteiger charge is -2.20. The number of benzene rings is 1. The molecule has 3 aromatic rings. The third-order valence-corrected chi connectivity index (χ3v) is 5.28. The van der Waals surface area contributed by atoms with E-state index in [1.165, 1.54) is 6.33 Å². The maximum atomic E-state index is 10.9. The summed E-state index contributed by atoms with van der Waals surface area (Å²) in [6, 6.07) is 2.43. The fraction of sp³-hybridized carbons (Fsp3) is 0.333. The van der Waals surface area contributed by atoms with Gasteiger partial charge in [0, 0.05) is 5.56 Å². The van der Waals surface area contributed by atoms with Crippen molar-refractivity contribution in [3.8, 4) is 5.75 Å². The summed E-state index contributed by atoms with van der Waals surface area (Å²) < 4.78 is 7.78. The van der Waals surface area contributed by atoms with Crippen LogP contribution in [0.5, 0.6) is 5.75 Å². The minimum Gasteiger partial charge on any atom is -0.490 e. The summed E-state index contributed by atoms with van der Waals surface area (Å²) in [5.41, 5.74) is 13.1. The molecule has 0 aliphatic rings. The van der Waals surface area contributed by atoms with Crippen LogP contribution >= 0.6 is 23.2 Å². The third-order valence-electron chi connectivity index (χ3n) is 4.44. The van der Waals surface area contributed by atoms with Crippen LogP contribution < -0.4 is 16.2 Å². The Morgan fingerprint density at radius 2 is 2.03 bits per heavy atom. The van der Waals surface area contributed by atoms with Gasteiger partial charge in [-0.2, -0.15) is 0 Å². The molecule has 1 aromatic carbocycles. The number of imidazole rings is 1. The zero-order valence-electron chi connectivity index (χ0n) is 15.5. The van der Waals surface area contributed by atoms with Crippen LogP contribution in [0.1, 0.15) is 25.3 Å². The average Bonchev–Trinajstić information content (AvgIpc) is 3.10. The average molecular weight is 439 g/mol. The second kappa shape index (κ2) is 8.81. The summed E-state index contributed by atoms with van der Waals surface area (Å²) in [7, 11) is 0. The van der Waals surface area contributed by atoms with Crippen LogP contribution in [0.4, 0.5) is 5.82 Å². The molecule has 0 saturated heterocycles. The molecule has 1 unspecified atom stereocenters. The van der Waals surface area contributed by atoms with Crippen molar-refractivity contribution in [3.05, 3.63) is 40.4 Å². The Morgan fingerprint density at radius 1 is 1.28 bits per heavy atom. The standard InChI is InChI=1S/C18H20Cl2N6O3/c1-9(2-4-12(21)18(27)28)29-13-5-3-11(19)14(20)10(13)6-26-8-25-15-16(22)23-7-24-17(15)26/h3,5,7-9,12H,2,4,6,21H2,1H3,(H,27,28)(H2,22,23,24)/t9?,12-/m1/s1. The minimum absolute atomic E-state index is 0.283. The van der Waals surface area contributed by atoms with Crippen LogP contribution in [-0.2, 0) is 11.3 Å². The number of carbonyl (C=O) groups is 1. The molecule has 154 valence electrons. The summed E-state index contributed by atoms with van der Waals surface area (Å²) in [6.45, 7) is 2.13. The van der Waals surface area contributed by atoms with E-state index in [9.17, 15) is 4.79 Å². The maximum Gasteiger partial charge on any atom is 0.320 e. The number of nitrogen functional groups attached to an aromatic ring is 1. The summed E-state index contributed by atoms with van der Waals surface area (Å²) >= 11 is 12.7. The first-order valence-corrected chi connectivity index (χ1v) is 9.56. The number of halogens is 2. The second-order valence-corrected chi connectivity index (χ2v) is 7.38. The number of carboxylic acids is 1. The van der Waals surface area contributed by atoms with Crippen LogP contribution in [0.2, 0.25) is 10.0 Å². The summed E-state index contributed by atoms with van der Waals surface area (Å²) in [6.07, 6.45) is 3.42. The predicted molar refractivity (Wildman–Crippen MR) is 110 cm³/mol. The van der Waals surface area contributed by atoms with E-state index in [2.05, 4.69) is 15.0 Å². The van der Waals surface area contributed by atoms with Crippen molar-refractivity contribution in [2.75, 3.05) is 5.73 Å². The Labute approximate surface area is 176 Å². The second-order valence-electron chi connectivity index (χ2n) is 6.59. The van der Waals surface area contributed by atoms with Gasteiger partial charge in [0.2, 0.25) is 0 Å². The highest BCUT2D eigenvalue weighted by atomic mass is 35.5. The van der Waals surface area contributed by atoms with Gasteiger partial charge in [0.1, 0.15) is 23.6 Å². The normalized spacial score (nSPS) is 13.4. The van der Waals surface area contributed by atoms with Crippen molar-refractivity contribution < 1.29 is 14.6 Å². The quantitative estimate of drug-likeness (QED) is 0.486. The molecule has 2 aromatic heterocycles. The van der Waals surface area contributed by atoms with Gasteiger partial charge in [-0.1, -0.05) is 23.2 Å². The SMILES string of the molecule is CC(CC[C@@H](N)C(=O)O)Oc1ccc(Cl)c(Cl)c1Cn1cnc2c(N)ncnc21. The Kier molecular flexibility index (Phi) is 6.41. The molecule has 9 nitrogen and oxygen atoms in total. The zero-order chi connectivity index (χ0) is 21.1. The molecule has 5 N–H and O–H groups in total. The number of aromatic nitrogens is 4. The molecule has 2 heterocycles. The van der Waals surface area contributed by atoms with Gasteiger partial charge in [0.15, 0.2) is 11.5 Å². The molecule has 2 atom stereocenters. The molecule has 29 heavy (non-hydrogen) atoms. The number of ether oxygens (including phenoxy) is 1. The van der Waals surface area contributed by atoms with Gasteiger partial charge in [0.05, 0.1) is 29.0 Å². The molecule has 3 rings (SSSR count). The molecule has 11 heteroatoms. The highest BCUT2D eigenvalue weighted by Crippen LogP contribution is 2.35. The largest absolute Gasteiger partial charge is 0.490 e. The highest BCUT2D eigenvalue weighted by Gasteiger charge is 2.19. The first-order chi connectivity index (χ1) is 13.8. The molecule has 0 aliphatic heterocycles. The Bertz CT molecular complexity index is 1040. The molecule has 0 fully saturated rings. The molecule has 0 spiro atoms. The van der Waals surface area contributed by atoms with E-state index in [1.54, 1.807) is 23.0 Å². The molecule has 0 amide bonds. The summed E-state index contributed by atoms with van der Waals surface area (Å²) in [5.74, 6) is -0.230. The van der Waals surface area contributed by atoms with Crippen molar-refractivity contribution >= 4 is 46.2 Å². The summed E-state index contributed by atoms with van der Waals surface area (Å²) in [5, 5.41) is 9.65. The maximum absolute atomic E-state index is 10.9. The number of fused-ring (bicyclic) bond motifs is 1. The van der Waals surface area contributed by atoms with Crippen LogP contribution in [0.3, 0.4) is 0 Å². The first-order valence-electron chi connectivity index (χ1n) is 8.81. The van der Waals surface area contributed by atoms with Crippen LogP contribution in [0.15, 0.2) is 24.8 Å². The predicted octanol–water partition coefficient (Wildman–Crippen LogP) is 2.72. The number of rotatable bonds is 8. The van der Waals surface area contributed by atoms with Crippen molar-refractivity contribution in [2.45, 2.75) is 38.5 Å². The van der Waals surface area contributed by atoms with E-state index in [-0.39, 0.29) is 18.3 Å². The Morgan fingerprint density at radius 3 is 2.76 bits per heavy atom. The lowest BCUT2D eigenvalue weighted by Crippen LogP contribution is -2.31. The van der Waals surface area contributed by atoms with Crippen molar-refractivity contribution in [3.63, 3.8) is 0 Å². The van der Waals surface area contributed by atoms with Crippen LogP contribution in [-0.4, -0.2) is 42.7 Å². The number of hydrogen-bond acceptors (Lipinski definition) is 7. The van der Waals surface area contributed by atoms with Gasteiger partial charge in [-0.05, 0) is 31.9 Å². The molecule has 0 bridgehead atoms. The molecule has 0 saturated carbocycles.